The van der Waals surface area contributed by atoms with Gasteiger partial charge in [-0.05, 0) is 18.1 Å². The topological polar surface area (TPSA) is 29.5 Å². The SMILES string of the molecule is COc1ccc(F)c(N2CC(CBr)CC2=O)c1. The molecule has 0 N–H and O–H groups in total. The molecule has 17 heavy (non-hydrogen) atoms. The van der Waals surface area contributed by atoms with E-state index in [1.165, 1.54) is 18.1 Å². The molecule has 1 saturated heterocycles. The van der Waals surface area contributed by atoms with Gasteiger partial charge in [0, 0.05) is 24.4 Å². The number of ether oxygens (including phenoxy) is 1. The van der Waals surface area contributed by atoms with Gasteiger partial charge in [-0.2, -0.15) is 0 Å². The van der Waals surface area contributed by atoms with Crippen LogP contribution in [-0.2, 0) is 4.79 Å². The number of nitrogens with zero attached hydrogens (tertiary/aromatic N) is 1. The molecule has 0 radical (unpaired) electrons. The summed E-state index contributed by atoms with van der Waals surface area (Å²) < 4.78 is 18.7. The molecular weight excluding hydrogens is 289 g/mol. The van der Waals surface area contributed by atoms with E-state index in [2.05, 4.69) is 15.9 Å². The van der Waals surface area contributed by atoms with E-state index in [1.54, 1.807) is 12.1 Å². The molecule has 1 heterocycles. The number of benzene rings is 1. The first-order valence-electron chi connectivity index (χ1n) is 5.35. The first-order chi connectivity index (χ1) is 8.15. The van der Waals surface area contributed by atoms with Crippen molar-refractivity contribution in [1.82, 2.24) is 0 Å². The van der Waals surface area contributed by atoms with E-state index in [0.29, 0.717) is 24.4 Å². The molecule has 0 aliphatic carbocycles. The fraction of sp³-hybridized carbons (Fsp3) is 0.417. The van der Waals surface area contributed by atoms with E-state index in [-0.39, 0.29) is 11.8 Å². The van der Waals surface area contributed by atoms with Crippen LogP contribution in [0.5, 0.6) is 5.75 Å². The normalized spacial score (nSPS) is 19.8. The van der Waals surface area contributed by atoms with Gasteiger partial charge in [-0.3, -0.25) is 4.79 Å². The first-order valence-corrected chi connectivity index (χ1v) is 6.47. The molecule has 0 spiro atoms. The quantitative estimate of drug-likeness (QED) is 0.803. The second kappa shape index (κ2) is 5.04. The number of hydrogen-bond donors (Lipinski definition) is 0. The molecule has 1 aliphatic heterocycles. The highest BCUT2D eigenvalue weighted by atomic mass is 79.9. The monoisotopic (exact) mass is 301 g/mol. The number of carbonyl (C=O) groups excluding carboxylic acids is 1. The van der Waals surface area contributed by atoms with Gasteiger partial charge >= 0.3 is 0 Å². The van der Waals surface area contributed by atoms with Gasteiger partial charge in [-0.1, -0.05) is 15.9 Å². The Hall–Kier alpha value is -1.10. The summed E-state index contributed by atoms with van der Waals surface area (Å²) in [5.74, 6) is 0.362. The Morgan fingerprint density at radius 2 is 2.35 bits per heavy atom. The number of methoxy groups -OCH3 is 1. The van der Waals surface area contributed by atoms with Gasteiger partial charge in [0.1, 0.15) is 11.6 Å². The first kappa shape index (κ1) is 12.4. The largest absolute Gasteiger partial charge is 0.497 e. The molecule has 1 amide bonds. The second-order valence-electron chi connectivity index (χ2n) is 4.05. The molecule has 1 aliphatic rings. The average Bonchev–Trinajstić information content (AvgIpc) is 2.71. The predicted molar refractivity (Wildman–Crippen MR) is 67.2 cm³/mol. The molecule has 2 rings (SSSR count). The summed E-state index contributed by atoms with van der Waals surface area (Å²) in [5, 5.41) is 0.751. The second-order valence-corrected chi connectivity index (χ2v) is 4.69. The Kier molecular flexibility index (Phi) is 3.66. The maximum Gasteiger partial charge on any atom is 0.227 e. The third kappa shape index (κ3) is 2.44. The molecule has 0 aromatic heterocycles. The smallest absolute Gasteiger partial charge is 0.227 e. The number of carbonyl (C=O) groups is 1. The van der Waals surface area contributed by atoms with Crippen molar-refractivity contribution in [2.75, 3.05) is 23.9 Å². The fourth-order valence-electron chi connectivity index (χ4n) is 1.94. The zero-order valence-electron chi connectivity index (χ0n) is 9.45. The summed E-state index contributed by atoms with van der Waals surface area (Å²) >= 11 is 3.35. The molecule has 1 unspecified atom stereocenters. The predicted octanol–water partition coefficient (Wildman–Crippen LogP) is 2.58. The summed E-state index contributed by atoms with van der Waals surface area (Å²) in [7, 11) is 1.52. The number of amides is 1. The standard InChI is InChI=1S/C12H13BrFNO2/c1-17-9-2-3-10(14)11(5-9)15-7-8(6-13)4-12(15)16/h2-3,5,8H,4,6-7H2,1H3. The van der Waals surface area contributed by atoms with Gasteiger partial charge in [0.2, 0.25) is 5.91 Å². The number of anilines is 1. The van der Waals surface area contributed by atoms with E-state index in [0.717, 1.165) is 5.33 Å². The Labute approximate surface area is 108 Å². The molecule has 1 aromatic carbocycles. The summed E-state index contributed by atoms with van der Waals surface area (Å²) in [6, 6.07) is 4.42. The van der Waals surface area contributed by atoms with E-state index in [1.807, 2.05) is 0 Å². The van der Waals surface area contributed by atoms with E-state index in [4.69, 9.17) is 4.74 Å². The fourth-order valence-corrected chi connectivity index (χ4v) is 2.38. The minimum atomic E-state index is -0.394. The van der Waals surface area contributed by atoms with Gasteiger partial charge in [0.05, 0.1) is 12.8 Å². The van der Waals surface area contributed by atoms with Crippen LogP contribution in [0.1, 0.15) is 6.42 Å². The molecule has 1 aromatic rings. The van der Waals surface area contributed by atoms with Crippen molar-refractivity contribution >= 4 is 27.5 Å². The van der Waals surface area contributed by atoms with Crippen molar-refractivity contribution in [1.29, 1.82) is 0 Å². The molecule has 3 nitrogen and oxygen atoms in total. The van der Waals surface area contributed by atoms with E-state index in [9.17, 15) is 9.18 Å². The van der Waals surface area contributed by atoms with Gasteiger partial charge in [-0.15, -0.1) is 0 Å². The summed E-state index contributed by atoms with van der Waals surface area (Å²) in [6.07, 6.45) is 0.460. The van der Waals surface area contributed by atoms with Gasteiger partial charge in [-0.25, -0.2) is 4.39 Å². The van der Waals surface area contributed by atoms with E-state index >= 15 is 0 Å². The van der Waals surface area contributed by atoms with Crippen molar-refractivity contribution in [3.05, 3.63) is 24.0 Å². The highest BCUT2D eigenvalue weighted by Gasteiger charge is 2.31. The highest BCUT2D eigenvalue weighted by Crippen LogP contribution is 2.30. The Bertz CT molecular complexity index is 439. The number of alkyl halides is 1. The number of hydrogen-bond acceptors (Lipinski definition) is 2. The summed E-state index contributed by atoms with van der Waals surface area (Å²) in [5.41, 5.74) is 0.304. The lowest BCUT2D eigenvalue weighted by molar-refractivity contribution is -0.117. The maximum atomic E-state index is 13.7. The molecule has 1 fully saturated rings. The minimum Gasteiger partial charge on any atom is -0.497 e. The van der Waals surface area contributed by atoms with Gasteiger partial charge < -0.3 is 9.64 Å². The Morgan fingerprint density at radius 3 is 2.94 bits per heavy atom. The van der Waals surface area contributed by atoms with Crippen molar-refractivity contribution in [3.63, 3.8) is 0 Å². The van der Waals surface area contributed by atoms with Crippen LogP contribution in [-0.4, -0.2) is 24.9 Å². The Morgan fingerprint density at radius 1 is 1.59 bits per heavy atom. The molecular formula is C12H13BrFNO2. The number of halogens is 2. The van der Waals surface area contributed by atoms with Crippen LogP contribution in [0.2, 0.25) is 0 Å². The van der Waals surface area contributed by atoms with Gasteiger partial charge in [0.25, 0.3) is 0 Å². The van der Waals surface area contributed by atoms with Crippen LogP contribution < -0.4 is 9.64 Å². The lowest BCUT2D eigenvalue weighted by Crippen LogP contribution is -2.25. The summed E-state index contributed by atoms with van der Waals surface area (Å²) in [6.45, 7) is 0.550. The Balaban J connectivity index is 2.30. The van der Waals surface area contributed by atoms with Crippen LogP contribution in [0.4, 0.5) is 10.1 Å². The van der Waals surface area contributed by atoms with Crippen LogP contribution in [0.3, 0.4) is 0 Å². The zero-order valence-corrected chi connectivity index (χ0v) is 11.0. The molecule has 1 atom stereocenters. The third-order valence-corrected chi connectivity index (χ3v) is 3.78. The molecule has 0 bridgehead atoms. The van der Waals surface area contributed by atoms with Crippen LogP contribution in [0, 0.1) is 11.7 Å². The molecule has 92 valence electrons. The van der Waals surface area contributed by atoms with Crippen molar-refractivity contribution < 1.29 is 13.9 Å². The number of rotatable bonds is 3. The molecule has 5 heteroatoms. The highest BCUT2D eigenvalue weighted by molar-refractivity contribution is 9.09. The van der Waals surface area contributed by atoms with Crippen molar-refractivity contribution in [2.24, 2.45) is 5.92 Å². The lowest BCUT2D eigenvalue weighted by atomic mass is 10.2. The minimum absolute atomic E-state index is 0.0402. The zero-order chi connectivity index (χ0) is 12.4. The van der Waals surface area contributed by atoms with Crippen LogP contribution >= 0.6 is 15.9 Å². The van der Waals surface area contributed by atoms with E-state index < -0.39 is 5.82 Å². The van der Waals surface area contributed by atoms with Crippen molar-refractivity contribution in [3.8, 4) is 5.75 Å². The maximum absolute atomic E-state index is 13.7. The summed E-state index contributed by atoms with van der Waals surface area (Å²) in [4.78, 5) is 13.3. The van der Waals surface area contributed by atoms with Gasteiger partial charge in [0.15, 0.2) is 0 Å². The third-order valence-electron chi connectivity index (χ3n) is 2.87. The lowest BCUT2D eigenvalue weighted by Gasteiger charge is -2.18. The average molecular weight is 302 g/mol. The molecule has 0 saturated carbocycles. The van der Waals surface area contributed by atoms with Crippen LogP contribution in [0.25, 0.3) is 0 Å². The van der Waals surface area contributed by atoms with Crippen molar-refractivity contribution in [2.45, 2.75) is 6.42 Å². The van der Waals surface area contributed by atoms with Crippen LogP contribution in [0.15, 0.2) is 18.2 Å².